The smallest absolute Gasteiger partial charge is 0.352 e. The second kappa shape index (κ2) is 7.47. The molecule has 0 aliphatic heterocycles. The molecule has 2 aromatic rings. The molecule has 0 bridgehead atoms. The minimum Gasteiger partial charge on any atom is -0.352 e. The largest absolute Gasteiger partial charge is 0.433 e. The van der Waals surface area contributed by atoms with Crippen molar-refractivity contribution in [3.05, 3.63) is 40.0 Å². The van der Waals surface area contributed by atoms with Gasteiger partial charge in [-0.1, -0.05) is 18.5 Å². The average Bonchev–Trinajstić information content (AvgIpc) is 2.49. The minimum absolute atomic E-state index is 0.0460. The van der Waals surface area contributed by atoms with Gasteiger partial charge < -0.3 is 10.6 Å². The summed E-state index contributed by atoms with van der Waals surface area (Å²) in [6, 6.07) is 4.33. The van der Waals surface area contributed by atoms with E-state index < -0.39 is 11.9 Å². The van der Waals surface area contributed by atoms with Crippen molar-refractivity contribution >= 4 is 29.1 Å². The Balaban J connectivity index is 2.44. The number of rotatable bonds is 5. The second-order valence-corrected chi connectivity index (χ2v) is 6.39. The summed E-state index contributed by atoms with van der Waals surface area (Å²) in [7, 11) is 0. The molecule has 1 aromatic carbocycles. The highest BCUT2D eigenvalue weighted by Crippen LogP contribution is 2.32. The number of alkyl halides is 3. The van der Waals surface area contributed by atoms with Crippen molar-refractivity contribution in [2.75, 3.05) is 10.6 Å². The topological polar surface area (TPSA) is 49.8 Å². The monoisotopic (exact) mass is 372 g/mol. The Morgan fingerprint density at radius 1 is 1.12 bits per heavy atom. The third-order valence-corrected chi connectivity index (χ3v) is 3.97. The van der Waals surface area contributed by atoms with Gasteiger partial charge >= 0.3 is 6.18 Å². The molecular formula is C17H20ClF3N4. The Morgan fingerprint density at radius 2 is 1.72 bits per heavy atom. The van der Waals surface area contributed by atoms with Gasteiger partial charge in [0.25, 0.3) is 0 Å². The van der Waals surface area contributed by atoms with Crippen molar-refractivity contribution in [3.8, 4) is 0 Å². The Hall–Kier alpha value is -2.02. The van der Waals surface area contributed by atoms with E-state index in [0.717, 1.165) is 23.6 Å². The Morgan fingerprint density at radius 3 is 2.24 bits per heavy atom. The quantitative estimate of drug-likeness (QED) is 0.704. The van der Waals surface area contributed by atoms with Gasteiger partial charge in [-0.2, -0.15) is 18.2 Å². The van der Waals surface area contributed by atoms with Crippen LogP contribution < -0.4 is 10.6 Å². The maximum absolute atomic E-state index is 13.2. The third-order valence-electron chi connectivity index (χ3n) is 3.75. The molecule has 2 N–H and O–H groups in total. The van der Waals surface area contributed by atoms with Crippen molar-refractivity contribution in [3.63, 3.8) is 0 Å². The molecule has 0 aliphatic carbocycles. The van der Waals surface area contributed by atoms with Gasteiger partial charge in [-0.25, -0.2) is 4.98 Å². The van der Waals surface area contributed by atoms with Gasteiger partial charge in [-0.05, 0) is 50.5 Å². The van der Waals surface area contributed by atoms with Crippen LogP contribution in [0.3, 0.4) is 0 Å². The first-order chi connectivity index (χ1) is 11.6. The fourth-order valence-electron chi connectivity index (χ4n) is 2.28. The second-order valence-electron chi connectivity index (χ2n) is 5.95. The van der Waals surface area contributed by atoms with Crippen molar-refractivity contribution in [1.82, 2.24) is 9.97 Å². The maximum atomic E-state index is 13.2. The summed E-state index contributed by atoms with van der Waals surface area (Å²) < 4.78 is 39.5. The van der Waals surface area contributed by atoms with E-state index in [4.69, 9.17) is 11.6 Å². The van der Waals surface area contributed by atoms with E-state index in [9.17, 15) is 13.2 Å². The van der Waals surface area contributed by atoms with Gasteiger partial charge in [0.1, 0.15) is 5.82 Å². The van der Waals surface area contributed by atoms with Crippen molar-refractivity contribution in [1.29, 1.82) is 0 Å². The van der Waals surface area contributed by atoms with Crippen LogP contribution in [0.5, 0.6) is 0 Å². The maximum Gasteiger partial charge on any atom is 0.433 e. The number of aromatic nitrogens is 2. The van der Waals surface area contributed by atoms with Crippen LogP contribution in [0.2, 0.25) is 5.02 Å². The SMILES string of the molecule is CC[C@@H](C)Nc1nc(Nc2c(C)cc(Cl)cc2C)cc(C(F)(F)F)n1. The molecule has 0 aliphatic rings. The zero-order chi connectivity index (χ0) is 18.8. The molecule has 1 heterocycles. The van der Waals surface area contributed by atoms with Gasteiger partial charge in [-0.15, -0.1) is 0 Å². The number of benzene rings is 1. The zero-order valence-corrected chi connectivity index (χ0v) is 15.2. The van der Waals surface area contributed by atoms with E-state index in [1.807, 2.05) is 27.7 Å². The minimum atomic E-state index is -4.56. The number of hydrogen-bond acceptors (Lipinski definition) is 4. The molecule has 8 heteroatoms. The van der Waals surface area contributed by atoms with E-state index in [1.165, 1.54) is 0 Å². The van der Waals surface area contributed by atoms with Crippen LogP contribution in [-0.4, -0.2) is 16.0 Å². The van der Waals surface area contributed by atoms with Crippen LogP contribution >= 0.6 is 11.6 Å². The average molecular weight is 373 g/mol. The summed E-state index contributed by atoms with van der Waals surface area (Å²) in [5.41, 5.74) is 1.30. The van der Waals surface area contributed by atoms with Gasteiger partial charge in [0.05, 0.1) is 0 Å². The number of nitrogens with zero attached hydrogens (tertiary/aromatic N) is 2. The van der Waals surface area contributed by atoms with Gasteiger partial charge in [0.2, 0.25) is 5.95 Å². The van der Waals surface area contributed by atoms with E-state index in [0.29, 0.717) is 10.7 Å². The van der Waals surface area contributed by atoms with Crippen molar-refractivity contribution in [2.24, 2.45) is 0 Å². The number of halogens is 4. The summed E-state index contributed by atoms with van der Waals surface area (Å²) in [6.07, 6.45) is -3.83. The highest BCUT2D eigenvalue weighted by atomic mass is 35.5. The normalized spacial score (nSPS) is 12.8. The first kappa shape index (κ1) is 19.3. The highest BCUT2D eigenvalue weighted by Gasteiger charge is 2.34. The number of hydrogen-bond donors (Lipinski definition) is 2. The lowest BCUT2D eigenvalue weighted by Gasteiger charge is -2.17. The van der Waals surface area contributed by atoms with Crippen LogP contribution in [0.25, 0.3) is 0 Å². The molecule has 4 nitrogen and oxygen atoms in total. The summed E-state index contributed by atoms with van der Waals surface area (Å²) in [5.74, 6) is 0.0117. The zero-order valence-electron chi connectivity index (χ0n) is 14.4. The third kappa shape index (κ3) is 4.98. The lowest BCUT2D eigenvalue weighted by Crippen LogP contribution is -2.19. The van der Waals surface area contributed by atoms with E-state index in [2.05, 4.69) is 20.6 Å². The molecule has 25 heavy (non-hydrogen) atoms. The molecule has 2 rings (SSSR count). The van der Waals surface area contributed by atoms with Crippen LogP contribution in [0.15, 0.2) is 18.2 Å². The van der Waals surface area contributed by atoms with Crippen LogP contribution in [0, 0.1) is 13.8 Å². The van der Waals surface area contributed by atoms with Crippen LogP contribution in [0.4, 0.5) is 30.6 Å². The molecule has 1 atom stereocenters. The van der Waals surface area contributed by atoms with Crippen molar-refractivity contribution < 1.29 is 13.2 Å². The fraction of sp³-hybridized carbons (Fsp3) is 0.412. The molecule has 0 amide bonds. The fourth-order valence-corrected chi connectivity index (χ4v) is 2.61. The van der Waals surface area contributed by atoms with Crippen molar-refractivity contribution in [2.45, 2.75) is 46.3 Å². The summed E-state index contributed by atoms with van der Waals surface area (Å²) in [6.45, 7) is 7.42. The summed E-state index contributed by atoms with van der Waals surface area (Å²) in [5, 5.41) is 6.42. The molecule has 0 saturated carbocycles. The Labute approximate surface area is 149 Å². The molecule has 0 fully saturated rings. The lowest BCUT2D eigenvalue weighted by molar-refractivity contribution is -0.141. The first-order valence-electron chi connectivity index (χ1n) is 7.86. The van der Waals surface area contributed by atoms with Gasteiger partial charge in [0.15, 0.2) is 5.69 Å². The van der Waals surface area contributed by atoms with E-state index in [-0.39, 0.29) is 17.8 Å². The van der Waals surface area contributed by atoms with Gasteiger partial charge in [0, 0.05) is 22.8 Å². The predicted molar refractivity (Wildman–Crippen MR) is 94.6 cm³/mol. The van der Waals surface area contributed by atoms with Gasteiger partial charge in [-0.3, -0.25) is 0 Å². The molecule has 136 valence electrons. The molecule has 0 unspecified atom stereocenters. The van der Waals surface area contributed by atoms with E-state index in [1.54, 1.807) is 12.1 Å². The summed E-state index contributed by atoms with van der Waals surface area (Å²) >= 11 is 6.00. The highest BCUT2D eigenvalue weighted by molar-refractivity contribution is 6.30. The lowest BCUT2D eigenvalue weighted by atomic mass is 10.1. The molecule has 0 saturated heterocycles. The molecule has 0 radical (unpaired) electrons. The number of anilines is 3. The summed E-state index contributed by atoms with van der Waals surface area (Å²) in [4.78, 5) is 7.75. The number of nitrogens with one attached hydrogen (secondary N) is 2. The van der Waals surface area contributed by atoms with E-state index >= 15 is 0 Å². The standard InChI is InChI=1S/C17H20ClF3N4/c1-5-11(4)22-16-23-13(17(19,20)21)8-14(25-16)24-15-9(2)6-12(18)7-10(15)3/h6-8,11H,5H2,1-4H3,(H2,22,23,24,25)/t11-/m1/s1. The van der Waals surface area contributed by atoms with Crippen LogP contribution in [0.1, 0.15) is 37.1 Å². The predicted octanol–water partition coefficient (Wildman–Crippen LogP) is 5.72. The molecular weight excluding hydrogens is 353 g/mol. The Kier molecular flexibility index (Phi) is 5.77. The molecule has 1 aromatic heterocycles. The number of aryl methyl sites for hydroxylation is 2. The molecule has 0 spiro atoms. The van der Waals surface area contributed by atoms with Crippen LogP contribution in [-0.2, 0) is 6.18 Å². The Bertz CT molecular complexity index is 739. The first-order valence-corrected chi connectivity index (χ1v) is 8.24.